The van der Waals surface area contributed by atoms with Gasteiger partial charge in [-0.05, 0) is 62.4 Å². The standard InChI is InChI=1S/C25H23FN4O2S/c1-16-23(33-25-27-22(15-30(16)25)19-3-7-20(26)8-4-19)24(32)29-13-11-28(12-14-29)21-9-5-18(6-10-21)17(2)31/h3-10,15H,11-14H2,1-2H3. The van der Waals surface area contributed by atoms with Gasteiger partial charge in [-0.25, -0.2) is 9.37 Å². The lowest BCUT2D eigenvalue weighted by Gasteiger charge is -2.36. The van der Waals surface area contributed by atoms with E-state index >= 15 is 0 Å². The van der Waals surface area contributed by atoms with Gasteiger partial charge in [0.15, 0.2) is 10.7 Å². The highest BCUT2D eigenvalue weighted by atomic mass is 32.1. The second kappa shape index (κ2) is 8.44. The van der Waals surface area contributed by atoms with E-state index in [-0.39, 0.29) is 17.5 Å². The summed E-state index contributed by atoms with van der Waals surface area (Å²) < 4.78 is 15.1. The molecule has 0 aliphatic carbocycles. The minimum absolute atomic E-state index is 0.0258. The fourth-order valence-electron chi connectivity index (χ4n) is 4.13. The van der Waals surface area contributed by atoms with Crippen molar-refractivity contribution in [1.29, 1.82) is 0 Å². The Morgan fingerprint density at radius 3 is 2.24 bits per heavy atom. The molecule has 1 saturated heterocycles. The molecule has 2 aromatic heterocycles. The summed E-state index contributed by atoms with van der Waals surface area (Å²) in [6, 6.07) is 13.9. The number of piperazine rings is 1. The number of ketones is 1. The Labute approximate surface area is 194 Å². The molecule has 0 N–H and O–H groups in total. The van der Waals surface area contributed by atoms with Gasteiger partial charge in [-0.3, -0.25) is 14.0 Å². The predicted molar refractivity (Wildman–Crippen MR) is 128 cm³/mol. The Kier molecular flexibility index (Phi) is 5.46. The van der Waals surface area contributed by atoms with E-state index in [9.17, 15) is 14.0 Å². The van der Waals surface area contributed by atoms with Crippen molar-refractivity contribution < 1.29 is 14.0 Å². The van der Waals surface area contributed by atoms with Crippen LogP contribution in [0.1, 0.15) is 32.6 Å². The number of nitrogens with zero attached hydrogens (tertiary/aromatic N) is 4. The number of anilines is 1. The van der Waals surface area contributed by atoms with E-state index in [1.54, 1.807) is 19.1 Å². The van der Waals surface area contributed by atoms with Crippen LogP contribution in [0.3, 0.4) is 0 Å². The average molecular weight is 463 g/mol. The summed E-state index contributed by atoms with van der Waals surface area (Å²) in [7, 11) is 0. The van der Waals surface area contributed by atoms with Crippen LogP contribution >= 0.6 is 11.3 Å². The predicted octanol–water partition coefficient (Wildman–Crippen LogP) is 4.68. The highest BCUT2D eigenvalue weighted by molar-refractivity contribution is 7.19. The third-order valence-corrected chi connectivity index (χ3v) is 7.24. The number of carbonyl (C=O) groups excluding carboxylic acids is 2. The molecular weight excluding hydrogens is 439 g/mol. The number of benzene rings is 2. The Balaban J connectivity index is 1.29. The van der Waals surface area contributed by atoms with Crippen molar-refractivity contribution >= 4 is 33.7 Å². The first-order chi connectivity index (χ1) is 15.9. The lowest BCUT2D eigenvalue weighted by molar-refractivity contribution is 0.0750. The maximum atomic E-state index is 13.2. The van der Waals surface area contributed by atoms with Gasteiger partial charge in [-0.2, -0.15) is 0 Å². The van der Waals surface area contributed by atoms with E-state index in [1.165, 1.54) is 23.5 Å². The van der Waals surface area contributed by atoms with Crippen LogP contribution in [0, 0.1) is 12.7 Å². The molecule has 0 bridgehead atoms. The quantitative estimate of drug-likeness (QED) is 0.414. The summed E-state index contributed by atoms with van der Waals surface area (Å²) in [5.41, 5.74) is 4.22. The van der Waals surface area contributed by atoms with Crippen molar-refractivity contribution in [2.75, 3.05) is 31.1 Å². The van der Waals surface area contributed by atoms with Crippen LogP contribution in [0.4, 0.5) is 10.1 Å². The van der Waals surface area contributed by atoms with Gasteiger partial charge in [-0.15, -0.1) is 0 Å². The third kappa shape index (κ3) is 4.02. The van der Waals surface area contributed by atoms with Crippen LogP contribution in [-0.2, 0) is 0 Å². The smallest absolute Gasteiger partial charge is 0.265 e. The second-order valence-electron chi connectivity index (χ2n) is 8.18. The monoisotopic (exact) mass is 462 g/mol. The number of aryl methyl sites for hydroxylation is 1. The minimum Gasteiger partial charge on any atom is -0.368 e. The highest BCUT2D eigenvalue weighted by Gasteiger charge is 2.26. The van der Waals surface area contributed by atoms with Gasteiger partial charge in [0.1, 0.15) is 10.7 Å². The highest BCUT2D eigenvalue weighted by Crippen LogP contribution is 2.29. The van der Waals surface area contributed by atoms with E-state index in [2.05, 4.69) is 9.88 Å². The second-order valence-corrected chi connectivity index (χ2v) is 9.16. The van der Waals surface area contributed by atoms with Gasteiger partial charge >= 0.3 is 0 Å². The van der Waals surface area contributed by atoms with Gasteiger partial charge in [0, 0.05) is 54.9 Å². The molecule has 6 nitrogen and oxygen atoms in total. The Morgan fingerprint density at radius 2 is 1.64 bits per heavy atom. The van der Waals surface area contributed by atoms with Crippen LogP contribution in [-0.4, -0.2) is 52.2 Å². The minimum atomic E-state index is -0.281. The molecule has 5 rings (SSSR count). The van der Waals surface area contributed by atoms with Crippen molar-refractivity contribution in [2.45, 2.75) is 13.8 Å². The summed E-state index contributed by atoms with van der Waals surface area (Å²) in [6.45, 7) is 6.23. The molecule has 33 heavy (non-hydrogen) atoms. The van der Waals surface area contributed by atoms with Crippen molar-refractivity contribution in [3.63, 3.8) is 0 Å². The van der Waals surface area contributed by atoms with Gasteiger partial charge in [0.05, 0.1) is 5.69 Å². The van der Waals surface area contributed by atoms with Crippen molar-refractivity contribution in [3.8, 4) is 11.3 Å². The van der Waals surface area contributed by atoms with Gasteiger partial charge in [0.25, 0.3) is 5.91 Å². The number of Topliss-reactive ketones (excluding diaryl/α,β-unsaturated/α-hetero) is 1. The van der Waals surface area contributed by atoms with E-state index in [4.69, 9.17) is 0 Å². The Morgan fingerprint density at radius 1 is 0.970 bits per heavy atom. The van der Waals surface area contributed by atoms with Gasteiger partial charge in [0.2, 0.25) is 0 Å². The zero-order valence-corrected chi connectivity index (χ0v) is 19.2. The van der Waals surface area contributed by atoms with Crippen LogP contribution in [0.5, 0.6) is 0 Å². The number of thiazole rings is 1. The molecular formula is C25H23FN4O2S. The normalized spacial score (nSPS) is 14.2. The topological polar surface area (TPSA) is 57.9 Å². The number of hydrogen-bond acceptors (Lipinski definition) is 5. The number of hydrogen-bond donors (Lipinski definition) is 0. The van der Waals surface area contributed by atoms with Crippen LogP contribution in [0.25, 0.3) is 16.2 Å². The lowest BCUT2D eigenvalue weighted by atomic mass is 10.1. The third-order valence-electron chi connectivity index (χ3n) is 6.10. The first-order valence-electron chi connectivity index (χ1n) is 10.8. The fourth-order valence-corrected chi connectivity index (χ4v) is 5.20. The largest absolute Gasteiger partial charge is 0.368 e. The maximum Gasteiger partial charge on any atom is 0.265 e. The zero-order chi connectivity index (χ0) is 23.1. The van der Waals surface area contributed by atoms with Crippen molar-refractivity contribution in [3.05, 3.63) is 76.7 Å². The molecule has 168 valence electrons. The number of amides is 1. The van der Waals surface area contributed by atoms with Gasteiger partial charge < -0.3 is 9.80 Å². The molecule has 1 aliphatic heterocycles. The SMILES string of the molecule is CC(=O)c1ccc(N2CCN(C(=O)c3sc4nc(-c5ccc(F)cc5)cn4c3C)CC2)cc1. The molecule has 0 unspecified atom stereocenters. The van der Waals surface area contributed by atoms with E-state index in [1.807, 2.05) is 46.7 Å². The van der Waals surface area contributed by atoms with E-state index in [0.29, 0.717) is 23.5 Å². The maximum absolute atomic E-state index is 13.2. The summed E-state index contributed by atoms with van der Waals surface area (Å²) in [5.74, 6) is -0.200. The number of imidazole rings is 1. The van der Waals surface area contributed by atoms with E-state index in [0.717, 1.165) is 40.7 Å². The average Bonchev–Trinajstić information content (AvgIpc) is 3.38. The van der Waals surface area contributed by atoms with Crippen molar-refractivity contribution in [2.24, 2.45) is 0 Å². The number of carbonyl (C=O) groups is 2. The molecule has 1 aliphatic rings. The van der Waals surface area contributed by atoms with Crippen LogP contribution in [0.15, 0.2) is 54.7 Å². The summed E-state index contributed by atoms with van der Waals surface area (Å²) in [5, 5.41) is 0. The molecule has 1 fully saturated rings. The molecule has 2 aromatic carbocycles. The van der Waals surface area contributed by atoms with Crippen LogP contribution < -0.4 is 4.90 Å². The lowest BCUT2D eigenvalue weighted by Crippen LogP contribution is -2.48. The zero-order valence-electron chi connectivity index (χ0n) is 18.4. The van der Waals surface area contributed by atoms with Crippen molar-refractivity contribution in [1.82, 2.24) is 14.3 Å². The molecule has 1 amide bonds. The molecule has 0 radical (unpaired) electrons. The Bertz CT molecular complexity index is 1330. The molecule has 8 heteroatoms. The molecule has 0 atom stereocenters. The van der Waals surface area contributed by atoms with E-state index < -0.39 is 0 Å². The summed E-state index contributed by atoms with van der Waals surface area (Å²) in [6.07, 6.45) is 1.90. The Hall–Kier alpha value is -3.52. The summed E-state index contributed by atoms with van der Waals surface area (Å²) in [4.78, 5) is 34.9. The van der Waals surface area contributed by atoms with Gasteiger partial charge in [-0.1, -0.05) is 11.3 Å². The fraction of sp³-hybridized carbons (Fsp3) is 0.240. The number of fused-ring (bicyclic) bond motifs is 1. The number of aromatic nitrogens is 2. The number of rotatable bonds is 4. The molecule has 3 heterocycles. The first kappa shape index (κ1) is 21.3. The first-order valence-corrected chi connectivity index (χ1v) is 11.6. The molecule has 0 saturated carbocycles. The van der Waals surface area contributed by atoms with Crippen LogP contribution in [0.2, 0.25) is 0 Å². The molecule has 4 aromatic rings. The molecule has 0 spiro atoms. The summed E-state index contributed by atoms with van der Waals surface area (Å²) >= 11 is 1.39. The number of halogens is 1.